The van der Waals surface area contributed by atoms with E-state index in [4.69, 9.17) is 4.74 Å². The van der Waals surface area contributed by atoms with Crippen LogP contribution >= 0.6 is 15.9 Å². The maximum atomic E-state index is 5.76. The lowest BCUT2D eigenvalue weighted by molar-refractivity contribution is 0.455. The molecule has 82 valence electrons. The number of benzene rings is 1. The molecule has 0 aliphatic rings. The molecule has 1 heterocycles. The Kier molecular flexibility index (Phi) is 3.25. The zero-order chi connectivity index (χ0) is 11.5. The Morgan fingerprint density at radius 2 is 1.94 bits per heavy atom. The van der Waals surface area contributed by atoms with Gasteiger partial charge < -0.3 is 4.74 Å². The Bertz CT molecular complexity index is 511. The Labute approximate surface area is 103 Å². The normalized spacial score (nSPS) is 10.2. The Morgan fingerprint density at radius 1 is 1.12 bits per heavy atom. The largest absolute Gasteiger partial charge is 0.438 e. The van der Waals surface area contributed by atoms with Crippen molar-refractivity contribution in [1.82, 2.24) is 4.98 Å². The molecule has 0 amide bonds. The summed E-state index contributed by atoms with van der Waals surface area (Å²) in [4.78, 5) is 4.20. The minimum Gasteiger partial charge on any atom is -0.438 e. The van der Waals surface area contributed by atoms with Crippen LogP contribution in [0.25, 0.3) is 0 Å². The number of rotatable bonds is 2. The number of nitrogens with zero attached hydrogens (tertiary/aromatic N) is 1. The average molecular weight is 278 g/mol. The number of pyridine rings is 1. The second-order valence-corrected chi connectivity index (χ2v) is 4.55. The van der Waals surface area contributed by atoms with Gasteiger partial charge in [0.05, 0.1) is 0 Å². The van der Waals surface area contributed by atoms with Crippen LogP contribution in [0.4, 0.5) is 0 Å². The zero-order valence-corrected chi connectivity index (χ0v) is 10.8. The first-order chi connectivity index (χ1) is 7.66. The molecule has 0 bridgehead atoms. The van der Waals surface area contributed by atoms with Crippen LogP contribution in [0.3, 0.4) is 0 Å². The second kappa shape index (κ2) is 4.66. The first kappa shape index (κ1) is 11.1. The van der Waals surface area contributed by atoms with E-state index in [-0.39, 0.29) is 0 Å². The van der Waals surface area contributed by atoms with Crippen molar-refractivity contribution in [2.45, 2.75) is 13.8 Å². The standard InChI is InChI=1S/C13H12BrNO/c1-9-4-3-7-15-13(9)16-12-6-5-11(14)8-10(12)2/h3-8H,1-2H3. The average Bonchev–Trinajstić information content (AvgIpc) is 2.25. The van der Waals surface area contributed by atoms with E-state index in [0.717, 1.165) is 21.3 Å². The SMILES string of the molecule is Cc1cc(Br)ccc1Oc1ncccc1C. The molecule has 2 aromatic rings. The van der Waals surface area contributed by atoms with E-state index in [2.05, 4.69) is 20.9 Å². The van der Waals surface area contributed by atoms with E-state index in [9.17, 15) is 0 Å². The highest BCUT2D eigenvalue weighted by atomic mass is 79.9. The quantitative estimate of drug-likeness (QED) is 0.819. The predicted octanol–water partition coefficient (Wildman–Crippen LogP) is 4.25. The lowest BCUT2D eigenvalue weighted by Crippen LogP contribution is -1.92. The van der Waals surface area contributed by atoms with Gasteiger partial charge in [-0.1, -0.05) is 22.0 Å². The number of aryl methyl sites for hydroxylation is 2. The van der Waals surface area contributed by atoms with Crippen LogP contribution in [0, 0.1) is 13.8 Å². The first-order valence-corrected chi connectivity index (χ1v) is 5.82. The summed E-state index contributed by atoms with van der Waals surface area (Å²) < 4.78 is 6.81. The molecule has 1 aromatic carbocycles. The third-order valence-corrected chi connectivity index (χ3v) is 2.80. The molecule has 0 radical (unpaired) electrons. The van der Waals surface area contributed by atoms with E-state index in [1.165, 1.54) is 0 Å². The lowest BCUT2D eigenvalue weighted by atomic mass is 10.2. The Balaban J connectivity index is 2.31. The number of hydrogen-bond acceptors (Lipinski definition) is 2. The van der Waals surface area contributed by atoms with Crippen molar-refractivity contribution in [2.24, 2.45) is 0 Å². The summed E-state index contributed by atoms with van der Waals surface area (Å²) in [6, 6.07) is 9.80. The van der Waals surface area contributed by atoms with Gasteiger partial charge in [0.1, 0.15) is 5.75 Å². The van der Waals surface area contributed by atoms with Crippen LogP contribution in [0.5, 0.6) is 11.6 Å². The van der Waals surface area contributed by atoms with E-state index in [1.54, 1.807) is 6.20 Å². The van der Waals surface area contributed by atoms with Crippen molar-refractivity contribution in [3.63, 3.8) is 0 Å². The fourth-order valence-corrected chi connectivity index (χ4v) is 1.89. The van der Waals surface area contributed by atoms with Gasteiger partial charge in [-0.15, -0.1) is 0 Å². The van der Waals surface area contributed by atoms with Crippen molar-refractivity contribution >= 4 is 15.9 Å². The van der Waals surface area contributed by atoms with Crippen molar-refractivity contribution in [3.05, 3.63) is 52.1 Å². The molecule has 2 nitrogen and oxygen atoms in total. The first-order valence-electron chi connectivity index (χ1n) is 5.02. The molecule has 0 saturated carbocycles. The second-order valence-electron chi connectivity index (χ2n) is 3.64. The highest BCUT2D eigenvalue weighted by molar-refractivity contribution is 9.10. The van der Waals surface area contributed by atoms with Crippen molar-refractivity contribution < 1.29 is 4.74 Å². The van der Waals surface area contributed by atoms with Crippen molar-refractivity contribution in [3.8, 4) is 11.6 Å². The Morgan fingerprint density at radius 3 is 2.62 bits per heavy atom. The summed E-state index contributed by atoms with van der Waals surface area (Å²) >= 11 is 3.42. The summed E-state index contributed by atoms with van der Waals surface area (Å²) in [5.74, 6) is 1.50. The fourth-order valence-electron chi connectivity index (χ4n) is 1.41. The molecule has 0 saturated heterocycles. The molecule has 3 heteroatoms. The third-order valence-electron chi connectivity index (χ3n) is 2.31. The highest BCUT2D eigenvalue weighted by Crippen LogP contribution is 2.27. The van der Waals surface area contributed by atoms with Crippen LogP contribution in [0.1, 0.15) is 11.1 Å². The van der Waals surface area contributed by atoms with Crippen LogP contribution in [0.15, 0.2) is 41.0 Å². The number of hydrogen-bond donors (Lipinski definition) is 0. The monoisotopic (exact) mass is 277 g/mol. The number of aromatic nitrogens is 1. The third kappa shape index (κ3) is 2.42. The van der Waals surface area contributed by atoms with Crippen LogP contribution in [-0.2, 0) is 0 Å². The van der Waals surface area contributed by atoms with Gasteiger partial charge in [-0.3, -0.25) is 0 Å². The molecule has 1 aromatic heterocycles. The van der Waals surface area contributed by atoms with Crippen molar-refractivity contribution in [1.29, 1.82) is 0 Å². The van der Waals surface area contributed by atoms with Crippen LogP contribution in [-0.4, -0.2) is 4.98 Å². The number of halogens is 1. The molecule has 16 heavy (non-hydrogen) atoms. The van der Waals surface area contributed by atoms with Crippen LogP contribution < -0.4 is 4.74 Å². The van der Waals surface area contributed by atoms with E-state index in [0.29, 0.717) is 5.88 Å². The molecule has 0 fully saturated rings. The molecule has 0 N–H and O–H groups in total. The van der Waals surface area contributed by atoms with Crippen molar-refractivity contribution in [2.75, 3.05) is 0 Å². The molecule has 2 rings (SSSR count). The smallest absolute Gasteiger partial charge is 0.222 e. The molecular weight excluding hydrogens is 266 g/mol. The summed E-state index contributed by atoms with van der Waals surface area (Å²) in [5.41, 5.74) is 2.12. The summed E-state index contributed by atoms with van der Waals surface area (Å²) in [5, 5.41) is 0. The molecule has 0 aliphatic carbocycles. The van der Waals surface area contributed by atoms with E-state index < -0.39 is 0 Å². The predicted molar refractivity (Wildman–Crippen MR) is 67.9 cm³/mol. The highest BCUT2D eigenvalue weighted by Gasteiger charge is 2.04. The summed E-state index contributed by atoms with van der Waals surface area (Å²) in [7, 11) is 0. The Hall–Kier alpha value is -1.35. The van der Waals surface area contributed by atoms with Gasteiger partial charge in [0.2, 0.25) is 5.88 Å². The zero-order valence-electron chi connectivity index (χ0n) is 9.20. The van der Waals surface area contributed by atoms with Gasteiger partial charge >= 0.3 is 0 Å². The van der Waals surface area contributed by atoms with E-state index in [1.807, 2.05) is 44.2 Å². The molecule has 0 aliphatic heterocycles. The fraction of sp³-hybridized carbons (Fsp3) is 0.154. The maximum absolute atomic E-state index is 5.76. The maximum Gasteiger partial charge on any atom is 0.222 e. The molecule has 0 spiro atoms. The van der Waals surface area contributed by atoms with Gasteiger partial charge in [0.15, 0.2) is 0 Å². The van der Waals surface area contributed by atoms with Gasteiger partial charge in [-0.25, -0.2) is 4.98 Å². The minimum atomic E-state index is 0.660. The summed E-state index contributed by atoms with van der Waals surface area (Å²) in [6.07, 6.45) is 1.73. The molecule has 0 atom stereocenters. The lowest BCUT2D eigenvalue weighted by Gasteiger charge is -2.09. The minimum absolute atomic E-state index is 0.660. The number of ether oxygens (including phenoxy) is 1. The van der Waals surface area contributed by atoms with Gasteiger partial charge in [-0.2, -0.15) is 0 Å². The van der Waals surface area contributed by atoms with E-state index >= 15 is 0 Å². The van der Waals surface area contributed by atoms with Gasteiger partial charge in [0.25, 0.3) is 0 Å². The summed E-state index contributed by atoms with van der Waals surface area (Å²) in [6.45, 7) is 3.99. The molecule has 0 unspecified atom stereocenters. The topological polar surface area (TPSA) is 22.1 Å². The van der Waals surface area contributed by atoms with Gasteiger partial charge in [-0.05, 0) is 43.7 Å². The molecular formula is C13H12BrNO. The van der Waals surface area contributed by atoms with Crippen LogP contribution in [0.2, 0.25) is 0 Å². The van der Waals surface area contributed by atoms with Gasteiger partial charge in [0, 0.05) is 16.2 Å².